The first kappa shape index (κ1) is 22.0. The summed E-state index contributed by atoms with van der Waals surface area (Å²) >= 11 is 0. The average molecular weight is 500 g/mol. The third-order valence-corrected chi connectivity index (χ3v) is 7.98. The molecule has 0 bridgehead atoms. The SMILES string of the molecule is C1=CCCC(c2ccc(-c3ccc4c(ccc5cc6nc7cc(-c8ccncc8)ccn7c6cc54)c3)cc2)=C1. The fourth-order valence-corrected chi connectivity index (χ4v) is 5.90. The number of aromatic nitrogens is 3. The Morgan fingerprint density at radius 1 is 0.615 bits per heavy atom. The molecule has 3 heteroatoms. The van der Waals surface area contributed by atoms with Crippen molar-refractivity contribution in [3.63, 3.8) is 0 Å². The number of imidazole rings is 1. The fraction of sp³-hybridized carbons (Fsp3) is 0.0556. The van der Waals surface area contributed by atoms with Gasteiger partial charge < -0.3 is 0 Å². The number of benzene rings is 4. The van der Waals surface area contributed by atoms with Crippen LogP contribution in [0.5, 0.6) is 0 Å². The summed E-state index contributed by atoms with van der Waals surface area (Å²) in [5.74, 6) is 0. The monoisotopic (exact) mass is 499 g/mol. The molecule has 0 aliphatic heterocycles. The minimum absolute atomic E-state index is 0.949. The van der Waals surface area contributed by atoms with E-state index in [9.17, 15) is 0 Å². The molecule has 0 amide bonds. The number of fused-ring (bicyclic) bond motifs is 6. The summed E-state index contributed by atoms with van der Waals surface area (Å²) in [7, 11) is 0. The van der Waals surface area contributed by atoms with Gasteiger partial charge in [-0.15, -0.1) is 0 Å². The third-order valence-electron chi connectivity index (χ3n) is 7.98. The lowest BCUT2D eigenvalue weighted by Gasteiger charge is -2.11. The van der Waals surface area contributed by atoms with E-state index in [2.05, 4.69) is 113 Å². The van der Waals surface area contributed by atoms with Crippen LogP contribution in [0.2, 0.25) is 0 Å². The van der Waals surface area contributed by atoms with Gasteiger partial charge in [0.1, 0.15) is 5.65 Å². The van der Waals surface area contributed by atoms with Crippen molar-refractivity contribution in [2.45, 2.75) is 12.8 Å². The molecule has 0 spiro atoms. The Bertz CT molecular complexity index is 2100. The third kappa shape index (κ3) is 3.74. The highest BCUT2D eigenvalue weighted by molar-refractivity contribution is 6.12. The van der Waals surface area contributed by atoms with Crippen LogP contribution in [0.25, 0.3) is 66.1 Å². The molecule has 0 N–H and O–H groups in total. The highest BCUT2D eigenvalue weighted by Gasteiger charge is 2.11. The van der Waals surface area contributed by atoms with Crippen molar-refractivity contribution in [1.82, 2.24) is 14.4 Å². The lowest BCUT2D eigenvalue weighted by atomic mass is 9.94. The molecule has 0 radical (unpaired) electrons. The molecule has 39 heavy (non-hydrogen) atoms. The molecule has 0 saturated carbocycles. The average Bonchev–Trinajstić information content (AvgIpc) is 3.37. The molecule has 0 unspecified atom stereocenters. The Kier molecular flexibility index (Phi) is 4.95. The van der Waals surface area contributed by atoms with Gasteiger partial charge in [-0.1, -0.05) is 66.8 Å². The van der Waals surface area contributed by atoms with Gasteiger partial charge in [0, 0.05) is 18.6 Å². The summed E-state index contributed by atoms with van der Waals surface area (Å²) in [6.07, 6.45) is 14.7. The summed E-state index contributed by atoms with van der Waals surface area (Å²) in [5.41, 5.74) is 10.6. The van der Waals surface area contributed by atoms with Crippen LogP contribution >= 0.6 is 0 Å². The quantitative estimate of drug-likeness (QED) is 0.227. The number of pyridine rings is 2. The maximum atomic E-state index is 4.97. The molecule has 1 aliphatic rings. The van der Waals surface area contributed by atoms with E-state index >= 15 is 0 Å². The normalized spacial score (nSPS) is 13.5. The highest BCUT2D eigenvalue weighted by atomic mass is 15.0. The zero-order valence-corrected chi connectivity index (χ0v) is 21.4. The molecule has 3 nitrogen and oxygen atoms in total. The summed E-state index contributed by atoms with van der Waals surface area (Å²) in [5, 5.41) is 4.97. The second kappa shape index (κ2) is 8.78. The van der Waals surface area contributed by atoms with Gasteiger partial charge in [-0.3, -0.25) is 9.38 Å². The molecule has 3 aromatic heterocycles. The Morgan fingerprint density at radius 2 is 1.36 bits per heavy atom. The maximum absolute atomic E-state index is 4.97. The molecular weight excluding hydrogens is 474 g/mol. The van der Waals surface area contributed by atoms with E-state index in [4.69, 9.17) is 4.98 Å². The van der Waals surface area contributed by atoms with Crippen molar-refractivity contribution in [3.05, 3.63) is 133 Å². The van der Waals surface area contributed by atoms with Crippen molar-refractivity contribution < 1.29 is 0 Å². The maximum Gasteiger partial charge on any atom is 0.138 e. The van der Waals surface area contributed by atoms with Crippen LogP contribution in [0, 0.1) is 0 Å². The number of rotatable bonds is 3. The van der Waals surface area contributed by atoms with E-state index in [0.29, 0.717) is 0 Å². The van der Waals surface area contributed by atoms with Crippen LogP contribution < -0.4 is 0 Å². The van der Waals surface area contributed by atoms with Gasteiger partial charge in [-0.25, -0.2) is 4.98 Å². The molecule has 0 saturated heterocycles. The van der Waals surface area contributed by atoms with E-state index in [-0.39, 0.29) is 0 Å². The van der Waals surface area contributed by atoms with Crippen molar-refractivity contribution in [2.75, 3.05) is 0 Å². The van der Waals surface area contributed by atoms with Gasteiger partial charge in [0.25, 0.3) is 0 Å². The number of allylic oxidation sites excluding steroid dienone is 4. The van der Waals surface area contributed by atoms with Crippen LogP contribution in [-0.4, -0.2) is 14.4 Å². The van der Waals surface area contributed by atoms with Crippen molar-refractivity contribution in [2.24, 2.45) is 0 Å². The molecule has 184 valence electrons. The van der Waals surface area contributed by atoms with E-state index in [1.807, 2.05) is 24.5 Å². The van der Waals surface area contributed by atoms with E-state index < -0.39 is 0 Å². The molecule has 0 atom stereocenters. The second-order valence-corrected chi connectivity index (χ2v) is 10.3. The molecule has 0 fully saturated rings. The second-order valence-electron chi connectivity index (χ2n) is 10.3. The predicted octanol–water partition coefficient (Wildman–Crippen LogP) is 9.26. The smallest absolute Gasteiger partial charge is 0.138 e. The first-order valence-electron chi connectivity index (χ1n) is 13.5. The lowest BCUT2D eigenvalue weighted by Crippen LogP contribution is -1.88. The van der Waals surface area contributed by atoms with Crippen LogP contribution in [0.4, 0.5) is 0 Å². The minimum Gasteiger partial charge on any atom is -0.300 e. The van der Waals surface area contributed by atoms with Crippen molar-refractivity contribution >= 4 is 43.8 Å². The van der Waals surface area contributed by atoms with Crippen LogP contribution in [0.3, 0.4) is 0 Å². The summed E-state index contributed by atoms with van der Waals surface area (Å²) < 4.78 is 2.19. The van der Waals surface area contributed by atoms with E-state index in [1.54, 1.807) is 0 Å². The lowest BCUT2D eigenvalue weighted by molar-refractivity contribution is 1.05. The zero-order valence-electron chi connectivity index (χ0n) is 21.4. The fourth-order valence-electron chi connectivity index (χ4n) is 5.90. The largest absolute Gasteiger partial charge is 0.300 e. The number of nitrogens with zero attached hydrogens (tertiary/aromatic N) is 3. The topological polar surface area (TPSA) is 30.2 Å². The molecule has 7 aromatic rings. The van der Waals surface area contributed by atoms with Crippen molar-refractivity contribution in [3.8, 4) is 22.3 Å². The molecule has 1 aliphatic carbocycles. The summed E-state index contributed by atoms with van der Waals surface area (Å²) in [6, 6.07) is 33.2. The van der Waals surface area contributed by atoms with Gasteiger partial charge in [0.05, 0.1) is 11.0 Å². The number of hydrogen-bond acceptors (Lipinski definition) is 2. The van der Waals surface area contributed by atoms with Gasteiger partial charge in [-0.05, 0) is 110 Å². The van der Waals surface area contributed by atoms with Gasteiger partial charge in [-0.2, -0.15) is 0 Å². The molecule has 8 rings (SSSR count). The number of hydrogen-bond donors (Lipinski definition) is 0. The Labute approximate surface area is 226 Å². The highest BCUT2D eigenvalue weighted by Crippen LogP contribution is 2.34. The Balaban J connectivity index is 1.21. The van der Waals surface area contributed by atoms with Crippen LogP contribution in [0.1, 0.15) is 18.4 Å². The minimum atomic E-state index is 0.949. The predicted molar refractivity (Wildman–Crippen MR) is 163 cm³/mol. The molecule has 3 heterocycles. The first-order valence-corrected chi connectivity index (χ1v) is 13.5. The standard InChI is InChI=1S/C36H25N3/c1-2-4-24(5-3-1)25-6-8-26(9-7-25)28-12-13-32-30(20-28)10-11-31-21-34-35(23-33(31)32)39-19-16-29(22-36(39)38-34)27-14-17-37-18-15-27/h1-2,4,6-23H,3,5H2. The van der Waals surface area contributed by atoms with Gasteiger partial charge in [0.2, 0.25) is 0 Å². The molecular formula is C36H25N3. The zero-order chi connectivity index (χ0) is 25.8. The van der Waals surface area contributed by atoms with Crippen LogP contribution in [-0.2, 0) is 0 Å². The summed E-state index contributed by atoms with van der Waals surface area (Å²) in [6.45, 7) is 0. The summed E-state index contributed by atoms with van der Waals surface area (Å²) in [4.78, 5) is 9.11. The van der Waals surface area contributed by atoms with E-state index in [1.165, 1.54) is 43.8 Å². The van der Waals surface area contributed by atoms with Crippen molar-refractivity contribution in [1.29, 1.82) is 0 Å². The van der Waals surface area contributed by atoms with Gasteiger partial charge in [0.15, 0.2) is 0 Å². The van der Waals surface area contributed by atoms with E-state index in [0.717, 1.165) is 40.6 Å². The Hall–Kier alpha value is -5.02. The first-order chi connectivity index (χ1) is 19.3. The molecule has 4 aromatic carbocycles. The Morgan fingerprint density at radius 3 is 2.18 bits per heavy atom. The van der Waals surface area contributed by atoms with Crippen LogP contribution in [0.15, 0.2) is 128 Å². The van der Waals surface area contributed by atoms with Gasteiger partial charge >= 0.3 is 0 Å².